The molecule has 0 spiro atoms. The maximum Gasteiger partial charge on any atom is 0.389 e. The molecule has 9 nitrogen and oxygen atoms in total. The first-order chi connectivity index (χ1) is 18.9. The Hall–Kier alpha value is -3.58. The lowest BCUT2D eigenvalue weighted by Gasteiger charge is -2.20. The molecule has 0 radical (unpaired) electrons. The van der Waals surface area contributed by atoms with Crippen molar-refractivity contribution in [3.63, 3.8) is 0 Å². The quantitative estimate of drug-likeness (QED) is 0.384. The minimum Gasteiger partial charge on any atom is -0.352 e. The van der Waals surface area contributed by atoms with Gasteiger partial charge in [0.05, 0.1) is 31.1 Å². The van der Waals surface area contributed by atoms with Crippen LogP contribution in [0.2, 0.25) is 0 Å². The van der Waals surface area contributed by atoms with Crippen LogP contribution in [0.15, 0.2) is 30.9 Å². The first kappa shape index (κ1) is 31.0. The molecule has 0 aromatic carbocycles. The van der Waals surface area contributed by atoms with Gasteiger partial charge in [0.1, 0.15) is 0 Å². The highest BCUT2D eigenvalue weighted by Crippen LogP contribution is 2.32. The van der Waals surface area contributed by atoms with Crippen LogP contribution in [0.1, 0.15) is 86.1 Å². The van der Waals surface area contributed by atoms with E-state index in [4.69, 9.17) is 0 Å². The minimum atomic E-state index is -4.37. The predicted octanol–water partition coefficient (Wildman–Crippen LogP) is 5.11. The highest BCUT2D eigenvalue weighted by molar-refractivity contribution is 5.90. The van der Waals surface area contributed by atoms with Gasteiger partial charge in [-0.15, -0.1) is 0 Å². The number of carbonyl (C=O) groups excluding carboxylic acids is 2. The van der Waals surface area contributed by atoms with E-state index in [1.165, 1.54) is 36.2 Å². The molecule has 5 rings (SSSR count). The van der Waals surface area contributed by atoms with E-state index in [2.05, 4.69) is 25.7 Å². The van der Waals surface area contributed by atoms with Gasteiger partial charge in [-0.25, -0.2) is 23.3 Å². The van der Waals surface area contributed by atoms with Crippen molar-refractivity contribution in [2.45, 2.75) is 89.4 Å². The zero-order valence-electron chi connectivity index (χ0n) is 22.3. The molecule has 0 aliphatic heterocycles. The highest BCUT2D eigenvalue weighted by atomic mass is 19.4. The molecule has 220 valence electrons. The molecule has 2 aliphatic rings. The van der Waals surface area contributed by atoms with Crippen molar-refractivity contribution in [1.29, 1.82) is 0 Å². The van der Waals surface area contributed by atoms with Crippen molar-refractivity contribution in [1.82, 2.24) is 34.8 Å². The average molecular weight is 572 g/mol. The van der Waals surface area contributed by atoms with Crippen LogP contribution in [-0.2, 0) is 24.9 Å². The van der Waals surface area contributed by atoms with Crippen LogP contribution in [-0.4, -0.2) is 48.1 Å². The van der Waals surface area contributed by atoms with Crippen LogP contribution < -0.4 is 10.6 Å². The Balaban J connectivity index is 0.000000331. The van der Waals surface area contributed by atoms with Gasteiger partial charge in [0, 0.05) is 45.2 Å². The molecule has 14 heteroatoms. The molecular weight excluding hydrogens is 537 g/mol. The van der Waals surface area contributed by atoms with E-state index < -0.39 is 30.8 Å². The molecule has 2 N–H and O–H groups in total. The molecule has 2 amide bonds. The number of hydrogen-bond acceptors (Lipinski definition) is 5. The summed E-state index contributed by atoms with van der Waals surface area (Å²) in [6.07, 6.45) is 7.31. The van der Waals surface area contributed by atoms with Gasteiger partial charge in [-0.2, -0.15) is 18.3 Å². The number of aryl methyl sites for hydroxylation is 1. The van der Waals surface area contributed by atoms with Crippen LogP contribution >= 0.6 is 0 Å². The maximum absolute atomic E-state index is 12.2. The largest absolute Gasteiger partial charge is 0.389 e. The number of nitrogens with zero attached hydrogens (tertiary/aromatic N) is 5. The molecule has 40 heavy (non-hydrogen) atoms. The predicted molar refractivity (Wildman–Crippen MR) is 136 cm³/mol. The van der Waals surface area contributed by atoms with Gasteiger partial charge in [-0.1, -0.05) is 25.7 Å². The molecular formula is C26H34F5N7O2. The fraction of sp³-hybridized carbons (Fsp3) is 0.577. The second kappa shape index (κ2) is 14.2. The van der Waals surface area contributed by atoms with Gasteiger partial charge in [0.15, 0.2) is 11.5 Å². The minimum absolute atomic E-state index is 0.0400. The fourth-order valence-electron chi connectivity index (χ4n) is 3.59. The number of nitrogens with one attached hydrogen (secondary N) is 2. The van der Waals surface area contributed by atoms with E-state index in [1.807, 2.05) is 0 Å². The Morgan fingerprint density at radius 2 is 1.70 bits per heavy atom. The summed E-state index contributed by atoms with van der Waals surface area (Å²) in [6.45, 7) is 0.205. The molecule has 0 bridgehead atoms. The molecule has 0 saturated heterocycles. The van der Waals surface area contributed by atoms with Crippen molar-refractivity contribution in [3.05, 3.63) is 47.9 Å². The summed E-state index contributed by atoms with van der Waals surface area (Å²) in [5.74, 6) is -3.08. The zero-order chi connectivity index (χ0) is 29.2. The fourth-order valence-corrected chi connectivity index (χ4v) is 3.59. The molecule has 2 saturated carbocycles. The second-order valence-corrected chi connectivity index (χ2v) is 9.81. The van der Waals surface area contributed by atoms with E-state index in [-0.39, 0.29) is 37.7 Å². The Bertz CT molecular complexity index is 1240. The van der Waals surface area contributed by atoms with Crippen molar-refractivity contribution in [2.24, 2.45) is 7.05 Å². The monoisotopic (exact) mass is 571 g/mol. The topological polar surface area (TPSA) is 106 Å². The normalized spacial score (nSPS) is 15.8. The molecule has 2 fully saturated rings. The molecule has 3 aromatic heterocycles. The number of alkyl halides is 5. The first-order valence-electron chi connectivity index (χ1n) is 13.2. The van der Waals surface area contributed by atoms with Crippen LogP contribution in [0.3, 0.4) is 0 Å². The van der Waals surface area contributed by atoms with Gasteiger partial charge in [-0.05, 0) is 24.5 Å². The third kappa shape index (κ3) is 11.3. The van der Waals surface area contributed by atoms with Crippen LogP contribution in [0, 0.1) is 0 Å². The number of amides is 2. The number of aromatic nitrogens is 5. The van der Waals surface area contributed by atoms with E-state index in [1.54, 1.807) is 30.1 Å². The summed E-state index contributed by atoms with van der Waals surface area (Å²) in [5.41, 5.74) is 1.63. The number of halogens is 5. The van der Waals surface area contributed by atoms with Crippen molar-refractivity contribution < 1.29 is 31.5 Å². The SMILES string of the molecule is C1CC1.Cn1ccnc1C(=O)NCc1cn2ncc(CNC(=O)CCC(F)(F)F)cc2n1.FC1(F)CCCCC1. The Morgan fingerprint density at radius 3 is 2.25 bits per heavy atom. The Morgan fingerprint density at radius 1 is 1.02 bits per heavy atom. The van der Waals surface area contributed by atoms with Gasteiger partial charge < -0.3 is 15.2 Å². The van der Waals surface area contributed by atoms with Gasteiger partial charge >= 0.3 is 6.18 Å². The Labute approximate surface area is 228 Å². The number of imidazole rings is 2. The molecule has 3 aromatic rings. The van der Waals surface area contributed by atoms with Gasteiger partial charge in [-0.3, -0.25) is 9.59 Å². The van der Waals surface area contributed by atoms with E-state index in [9.17, 15) is 31.5 Å². The zero-order valence-corrected chi connectivity index (χ0v) is 22.3. The lowest BCUT2D eigenvalue weighted by molar-refractivity contribution is -0.144. The number of rotatable bonds is 7. The smallest absolute Gasteiger partial charge is 0.352 e. The van der Waals surface area contributed by atoms with Crippen LogP contribution in [0.5, 0.6) is 0 Å². The molecule has 3 heterocycles. The first-order valence-corrected chi connectivity index (χ1v) is 13.2. The lowest BCUT2D eigenvalue weighted by atomic mass is 9.97. The van der Waals surface area contributed by atoms with E-state index in [0.29, 0.717) is 29.7 Å². The standard InChI is InChI=1S/C17H18F3N7O2.C6H10F2.C3H6/c1-26-5-4-21-15(26)16(29)23-9-12-10-27-13(25-12)6-11(8-24-27)7-22-14(28)2-3-17(18,19)20;7-6(8)4-2-1-3-5-6;1-2-3-1/h4-6,8,10H,2-3,7,9H2,1H3,(H,22,28)(H,23,29);1-5H2;1-3H2. The Kier molecular flexibility index (Phi) is 11.0. The van der Waals surface area contributed by atoms with Crippen molar-refractivity contribution >= 4 is 17.5 Å². The van der Waals surface area contributed by atoms with Crippen molar-refractivity contribution in [3.8, 4) is 0 Å². The van der Waals surface area contributed by atoms with E-state index >= 15 is 0 Å². The number of fused-ring (bicyclic) bond motifs is 1. The van der Waals surface area contributed by atoms with Crippen LogP contribution in [0.25, 0.3) is 5.65 Å². The summed E-state index contributed by atoms with van der Waals surface area (Å²) in [6, 6.07) is 1.65. The molecule has 2 aliphatic carbocycles. The summed E-state index contributed by atoms with van der Waals surface area (Å²) >= 11 is 0. The maximum atomic E-state index is 12.2. The van der Waals surface area contributed by atoms with Crippen LogP contribution in [0.4, 0.5) is 22.0 Å². The van der Waals surface area contributed by atoms with E-state index in [0.717, 1.165) is 6.42 Å². The number of carbonyl (C=O) groups is 2. The summed E-state index contributed by atoms with van der Waals surface area (Å²) < 4.78 is 63.9. The highest BCUT2D eigenvalue weighted by Gasteiger charge is 2.30. The summed E-state index contributed by atoms with van der Waals surface area (Å²) in [7, 11) is 1.71. The number of hydrogen-bond donors (Lipinski definition) is 2. The average Bonchev–Trinajstić information content (AvgIpc) is 3.63. The second-order valence-electron chi connectivity index (χ2n) is 9.81. The lowest BCUT2D eigenvalue weighted by Crippen LogP contribution is -2.25. The van der Waals surface area contributed by atoms with Gasteiger partial charge in [0.2, 0.25) is 11.8 Å². The summed E-state index contributed by atoms with van der Waals surface area (Å²) in [4.78, 5) is 31.9. The van der Waals surface area contributed by atoms with Crippen molar-refractivity contribution in [2.75, 3.05) is 0 Å². The third-order valence-corrected chi connectivity index (χ3v) is 5.94. The molecule has 0 atom stereocenters. The van der Waals surface area contributed by atoms with Gasteiger partial charge in [0.25, 0.3) is 5.91 Å². The third-order valence-electron chi connectivity index (χ3n) is 5.94. The molecule has 0 unspecified atom stereocenters. The summed E-state index contributed by atoms with van der Waals surface area (Å²) in [5, 5.41) is 9.28.